The van der Waals surface area contributed by atoms with E-state index in [1.807, 2.05) is 18.2 Å². The molecule has 1 aliphatic rings. The Morgan fingerprint density at radius 1 is 1.04 bits per heavy atom. The highest BCUT2D eigenvalue weighted by atomic mass is 16.5. The minimum absolute atomic E-state index is 0.0256. The minimum atomic E-state index is -0.781. The molecule has 3 rings (SSSR count). The zero-order valence-electron chi connectivity index (χ0n) is 15.5. The van der Waals surface area contributed by atoms with Gasteiger partial charge in [0.1, 0.15) is 12.4 Å². The van der Waals surface area contributed by atoms with Gasteiger partial charge in [-0.3, -0.25) is 14.9 Å². The first-order chi connectivity index (χ1) is 13.6. The topological polar surface area (TPSA) is 94.8 Å². The molecule has 0 aliphatic heterocycles. The first kappa shape index (κ1) is 19.7. The quantitative estimate of drug-likeness (QED) is 0.735. The number of hydrogen-bond donors (Lipinski definition) is 1. The van der Waals surface area contributed by atoms with Crippen LogP contribution < -0.4 is 10.1 Å². The Morgan fingerprint density at radius 2 is 1.79 bits per heavy atom. The molecule has 0 unspecified atom stereocenters. The van der Waals surface area contributed by atoms with Crippen molar-refractivity contribution in [3.05, 3.63) is 54.0 Å². The molecule has 0 saturated heterocycles. The molecule has 1 aromatic carbocycles. The Labute approximate surface area is 163 Å². The first-order valence-corrected chi connectivity index (χ1v) is 9.38. The Kier molecular flexibility index (Phi) is 6.84. The molecule has 1 heterocycles. The maximum absolute atomic E-state index is 12.2. The van der Waals surface area contributed by atoms with Gasteiger partial charge in [-0.15, -0.1) is 0 Å². The smallest absolute Gasteiger partial charge is 0.375 e. The van der Waals surface area contributed by atoms with Crippen LogP contribution in [-0.2, 0) is 20.9 Å². The zero-order valence-corrected chi connectivity index (χ0v) is 15.5. The number of esters is 1. The summed E-state index contributed by atoms with van der Waals surface area (Å²) < 4.78 is 15.7. The third-order valence-corrected chi connectivity index (χ3v) is 4.64. The third kappa shape index (κ3) is 5.45. The number of ether oxygens (including phenoxy) is 2. The van der Waals surface area contributed by atoms with Gasteiger partial charge in [-0.25, -0.2) is 4.79 Å². The predicted molar refractivity (Wildman–Crippen MR) is 99.5 cm³/mol. The number of amides is 2. The molecule has 1 aromatic heterocycles. The Morgan fingerprint density at radius 3 is 2.54 bits per heavy atom. The van der Waals surface area contributed by atoms with E-state index >= 15 is 0 Å². The van der Waals surface area contributed by atoms with E-state index in [1.54, 1.807) is 18.2 Å². The van der Waals surface area contributed by atoms with Crippen molar-refractivity contribution in [3.8, 4) is 5.75 Å². The first-order valence-electron chi connectivity index (χ1n) is 9.38. The lowest BCUT2D eigenvalue weighted by atomic mass is 9.89. The maximum Gasteiger partial charge on any atom is 0.375 e. The van der Waals surface area contributed by atoms with Crippen molar-refractivity contribution >= 4 is 17.8 Å². The van der Waals surface area contributed by atoms with Gasteiger partial charge < -0.3 is 13.9 Å². The van der Waals surface area contributed by atoms with Crippen molar-refractivity contribution in [2.24, 2.45) is 5.92 Å². The van der Waals surface area contributed by atoms with E-state index in [1.165, 1.54) is 6.26 Å². The number of rotatable bonds is 7. The summed E-state index contributed by atoms with van der Waals surface area (Å²) in [5.41, 5.74) is 0.507. The molecular formula is C21H23NO6. The van der Waals surface area contributed by atoms with Crippen molar-refractivity contribution in [1.29, 1.82) is 0 Å². The van der Waals surface area contributed by atoms with Crippen molar-refractivity contribution < 1.29 is 28.3 Å². The lowest BCUT2D eigenvalue weighted by Crippen LogP contribution is -2.38. The number of carbonyl (C=O) groups excluding carboxylic acids is 3. The molecule has 0 spiro atoms. The second-order valence-electron chi connectivity index (χ2n) is 6.70. The van der Waals surface area contributed by atoms with Crippen LogP contribution in [0, 0.1) is 5.92 Å². The Hall–Kier alpha value is -3.09. The predicted octanol–water partition coefficient (Wildman–Crippen LogP) is 3.24. The van der Waals surface area contributed by atoms with E-state index in [9.17, 15) is 14.4 Å². The normalized spacial score (nSPS) is 14.3. The van der Waals surface area contributed by atoms with Gasteiger partial charge in [-0.1, -0.05) is 37.5 Å². The van der Waals surface area contributed by atoms with Crippen LogP contribution in [0.5, 0.6) is 5.75 Å². The van der Waals surface area contributed by atoms with E-state index in [0.717, 1.165) is 32.1 Å². The standard InChI is InChI=1S/C21H23NO6/c23-18(22-20(24)15-7-3-1-4-8-15)14-28-21(25)19-16(11-12-26-19)13-27-17-9-5-2-6-10-17/h2,5-6,9-12,15H,1,3-4,7-8,13-14H2,(H,22,23,24). The lowest BCUT2D eigenvalue weighted by molar-refractivity contribution is -0.135. The Bertz CT molecular complexity index is 807. The summed E-state index contributed by atoms with van der Waals surface area (Å²) in [6.45, 7) is -0.422. The number of imide groups is 1. The van der Waals surface area contributed by atoms with Crippen molar-refractivity contribution in [3.63, 3.8) is 0 Å². The summed E-state index contributed by atoms with van der Waals surface area (Å²) in [6, 6.07) is 10.8. The van der Waals surface area contributed by atoms with Crippen molar-refractivity contribution in [2.45, 2.75) is 38.7 Å². The number of benzene rings is 1. The lowest BCUT2D eigenvalue weighted by Gasteiger charge is -2.20. The highest BCUT2D eigenvalue weighted by Crippen LogP contribution is 2.23. The highest BCUT2D eigenvalue weighted by molar-refractivity contribution is 5.98. The van der Waals surface area contributed by atoms with Gasteiger partial charge in [-0.05, 0) is 31.0 Å². The highest BCUT2D eigenvalue weighted by Gasteiger charge is 2.24. The van der Waals surface area contributed by atoms with Gasteiger partial charge in [0.05, 0.1) is 6.26 Å². The van der Waals surface area contributed by atoms with Crippen LogP contribution >= 0.6 is 0 Å². The van der Waals surface area contributed by atoms with Crippen LogP contribution in [0.4, 0.5) is 0 Å². The fraction of sp³-hybridized carbons (Fsp3) is 0.381. The van der Waals surface area contributed by atoms with Gasteiger partial charge in [0.25, 0.3) is 5.91 Å². The molecule has 7 heteroatoms. The molecule has 148 valence electrons. The molecule has 1 N–H and O–H groups in total. The number of para-hydroxylation sites is 1. The van der Waals surface area contributed by atoms with Crippen LogP contribution in [0.1, 0.15) is 48.2 Å². The molecule has 1 aliphatic carbocycles. The van der Waals surface area contributed by atoms with Crippen molar-refractivity contribution in [2.75, 3.05) is 6.61 Å². The number of furan rings is 1. The summed E-state index contributed by atoms with van der Waals surface area (Å²) in [5, 5.41) is 2.30. The molecular weight excluding hydrogens is 362 g/mol. The van der Waals surface area contributed by atoms with Crippen LogP contribution in [0.2, 0.25) is 0 Å². The van der Waals surface area contributed by atoms with E-state index < -0.39 is 18.5 Å². The van der Waals surface area contributed by atoms with Crippen LogP contribution in [0.3, 0.4) is 0 Å². The molecule has 1 fully saturated rings. The average molecular weight is 385 g/mol. The van der Waals surface area contributed by atoms with E-state index in [4.69, 9.17) is 13.9 Å². The minimum Gasteiger partial charge on any atom is -0.489 e. The molecule has 7 nitrogen and oxygen atoms in total. The average Bonchev–Trinajstić information content (AvgIpc) is 3.20. The van der Waals surface area contributed by atoms with Gasteiger partial charge in [-0.2, -0.15) is 0 Å². The second kappa shape index (κ2) is 9.73. The maximum atomic E-state index is 12.2. The monoisotopic (exact) mass is 385 g/mol. The number of hydrogen-bond acceptors (Lipinski definition) is 6. The van der Waals surface area contributed by atoms with E-state index in [2.05, 4.69) is 5.32 Å². The van der Waals surface area contributed by atoms with Crippen LogP contribution in [0.25, 0.3) is 0 Å². The largest absolute Gasteiger partial charge is 0.489 e. The molecule has 0 radical (unpaired) electrons. The van der Waals surface area contributed by atoms with Crippen molar-refractivity contribution in [1.82, 2.24) is 5.32 Å². The van der Waals surface area contributed by atoms with Crippen LogP contribution in [0.15, 0.2) is 47.1 Å². The van der Waals surface area contributed by atoms with Gasteiger partial charge in [0, 0.05) is 11.5 Å². The van der Waals surface area contributed by atoms with E-state index in [-0.39, 0.29) is 24.2 Å². The molecule has 0 atom stereocenters. The summed E-state index contributed by atoms with van der Waals surface area (Å²) in [5.74, 6) is -1.23. The van der Waals surface area contributed by atoms with Gasteiger partial charge >= 0.3 is 5.97 Å². The Balaban J connectivity index is 1.46. The van der Waals surface area contributed by atoms with Gasteiger partial charge in [0.2, 0.25) is 11.7 Å². The fourth-order valence-corrected chi connectivity index (χ4v) is 3.14. The summed E-state index contributed by atoms with van der Waals surface area (Å²) in [6.07, 6.45) is 6.04. The fourth-order valence-electron chi connectivity index (χ4n) is 3.14. The van der Waals surface area contributed by atoms with Crippen LogP contribution in [-0.4, -0.2) is 24.4 Å². The molecule has 28 heavy (non-hydrogen) atoms. The molecule has 0 bridgehead atoms. The molecule has 1 saturated carbocycles. The molecule has 2 amide bonds. The van der Waals surface area contributed by atoms with Gasteiger partial charge in [0.15, 0.2) is 6.61 Å². The second-order valence-corrected chi connectivity index (χ2v) is 6.70. The van der Waals surface area contributed by atoms with E-state index in [0.29, 0.717) is 11.3 Å². The number of carbonyl (C=O) groups is 3. The number of nitrogens with one attached hydrogen (secondary N) is 1. The summed E-state index contributed by atoms with van der Waals surface area (Å²) in [7, 11) is 0. The SMILES string of the molecule is O=C(COC(=O)c1occc1COc1ccccc1)NC(=O)C1CCCCC1. The zero-order chi connectivity index (χ0) is 19.8. The molecule has 2 aromatic rings. The summed E-state index contributed by atoms with van der Waals surface area (Å²) in [4.78, 5) is 36.1. The summed E-state index contributed by atoms with van der Waals surface area (Å²) >= 11 is 0. The third-order valence-electron chi connectivity index (χ3n) is 4.64.